The molecule has 1 aromatic carbocycles. The normalized spacial score (nSPS) is 14.0. The smallest absolute Gasteiger partial charge is 0.179 e. The molecule has 1 aliphatic heterocycles. The molecule has 7 nitrogen and oxygen atoms in total. The van der Waals surface area contributed by atoms with E-state index in [1.807, 2.05) is 17.9 Å². The zero-order valence-corrected chi connectivity index (χ0v) is 14.6. The van der Waals surface area contributed by atoms with Gasteiger partial charge in [-0.2, -0.15) is 5.10 Å². The Morgan fingerprint density at radius 3 is 2.62 bits per heavy atom. The molecule has 2 aromatic rings. The summed E-state index contributed by atoms with van der Waals surface area (Å²) in [6.45, 7) is 3.13. The Morgan fingerprint density at radius 2 is 1.96 bits per heavy atom. The summed E-state index contributed by atoms with van der Waals surface area (Å²) in [5.41, 5.74) is 3.62. The third-order valence-corrected chi connectivity index (χ3v) is 3.94. The highest BCUT2D eigenvalue weighted by Crippen LogP contribution is 2.22. The zero-order chi connectivity index (χ0) is 18.5. The first-order valence-electron chi connectivity index (χ1n) is 8.09. The molecular formula is C18H19FN6O. The highest BCUT2D eigenvalue weighted by molar-refractivity contribution is 6.03. The number of aryl methyl sites for hydroxylation is 1. The Labute approximate surface area is 150 Å². The van der Waals surface area contributed by atoms with E-state index in [1.165, 1.54) is 18.3 Å². The second-order valence-corrected chi connectivity index (χ2v) is 5.87. The molecule has 134 valence electrons. The van der Waals surface area contributed by atoms with E-state index in [0.29, 0.717) is 36.9 Å². The van der Waals surface area contributed by atoms with Crippen LogP contribution in [0.1, 0.15) is 11.3 Å². The summed E-state index contributed by atoms with van der Waals surface area (Å²) >= 11 is 0. The monoisotopic (exact) mass is 354 g/mol. The molecule has 8 heteroatoms. The minimum absolute atomic E-state index is 0.278. The van der Waals surface area contributed by atoms with Gasteiger partial charge in [-0.3, -0.25) is 0 Å². The number of hydrogen-bond acceptors (Lipinski definition) is 7. The molecule has 1 aliphatic rings. The van der Waals surface area contributed by atoms with E-state index >= 15 is 0 Å². The first-order chi connectivity index (χ1) is 12.6. The maximum Gasteiger partial charge on any atom is 0.179 e. The third kappa shape index (κ3) is 3.80. The Morgan fingerprint density at radius 1 is 1.19 bits per heavy atom. The molecule has 0 aliphatic carbocycles. The average Bonchev–Trinajstić information content (AvgIpc) is 2.63. The van der Waals surface area contributed by atoms with Gasteiger partial charge in [0.2, 0.25) is 0 Å². The first kappa shape index (κ1) is 17.8. The van der Waals surface area contributed by atoms with E-state index in [4.69, 9.17) is 10.1 Å². The van der Waals surface area contributed by atoms with Crippen molar-refractivity contribution in [3.05, 3.63) is 47.4 Å². The highest BCUT2D eigenvalue weighted by atomic mass is 19.1. The van der Waals surface area contributed by atoms with Gasteiger partial charge in [0.05, 0.1) is 31.1 Å². The fourth-order valence-electron chi connectivity index (χ4n) is 2.73. The molecule has 1 N–H and O–H groups in total. The maximum atomic E-state index is 13.3. The molecule has 0 atom stereocenters. The van der Waals surface area contributed by atoms with Crippen molar-refractivity contribution in [1.29, 1.82) is 5.41 Å². The van der Waals surface area contributed by atoms with Crippen molar-refractivity contribution >= 4 is 17.8 Å². The number of hydrogen-bond donors (Lipinski definition) is 1. The molecular weight excluding hydrogens is 335 g/mol. The van der Waals surface area contributed by atoms with E-state index in [9.17, 15) is 4.39 Å². The number of benzene rings is 1. The van der Waals surface area contributed by atoms with E-state index < -0.39 is 0 Å². The molecule has 0 unspecified atom stereocenters. The minimum Gasteiger partial charge on any atom is -0.379 e. The van der Waals surface area contributed by atoms with Crippen LogP contribution in [0, 0.1) is 18.2 Å². The van der Waals surface area contributed by atoms with Crippen LogP contribution in [0.2, 0.25) is 0 Å². The number of aromatic nitrogens is 2. The Bertz CT molecular complexity index is 862. The number of methoxy groups -OCH3 is 1. The molecule has 0 saturated heterocycles. The van der Waals surface area contributed by atoms with Gasteiger partial charge >= 0.3 is 0 Å². The number of halogens is 1. The third-order valence-electron chi connectivity index (χ3n) is 3.94. The highest BCUT2D eigenvalue weighted by Gasteiger charge is 2.21. The van der Waals surface area contributed by atoms with Gasteiger partial charge in [-0.15, -0.1) is 15.3 Å². The van der Waals surface area contributed by atoms with Gasteiger partial charge in [0.15, 0.2) is 5.84 Å². The topological polar surface area (TPSA) is 86.8 Å². The largest absolute Gasteiger partial charge is 0.379 e. The van der Waals surface area contributed by atoms with Crippen molar-refractivity contribution in [1.82, 2.24) is 15.1 Å². The standard InChI is InChI=1S/C18H19FN6O/c1-12-9-13(19)3-4-15(12)16-5-6-17(23-22-16)18-24-21-14(11-26-2)10-25(18)8-7-20/h3-7,9,20H,8,10-11H2,1-2H3. The maximum absolute atomic E-state index is 13.3. The van der Waals surface area contributed by atoms with E-state index in [0.717, 1.165) is 16.8 Å². The lowest BCUT2D eigenvalue weighted by Crippen LogP contribution is -2.41. The number of rotatable bonds is 6. The summed E-state index contributed by atoms with van der Waals surface area (Å²) in [6, 6.07) is 8.18. The molecule has 0 fully saturated rings. The molecule has 0 amide bonds. The quantitative estimate of drug-likeness (QED) is 0.807. The summed E-state index contributed by atoms with van der Waals surface area (Å²) in [4.78, 5) is 1.89. The molecule has 0 saturated carbocycles. The van der Waals surface area contributed by atoms with E-state index in [-0.39, 0.29) is 5.82 Å². The second-order valence-electron chi connectivity index (χ2n) is 5.87. The molecule has 0 spiro atoms. The number of nitrogens with one attached hydrogen (secondary N) is 1. The number of amidine groups is 1. The van der Waals surface area contributed by atoms with Crippen LogP contribution in [-0.2, 0) is 4.74 Å². The minimum atomic E-state index is -0.278. The molecule has 0 radical (unpaired) electrons. The van der Waals surface area contributed by atoms with Crippen LogP contribution in [0.15, 0.2) is 40.5 Å². The van der Waals surface area contributed by atoms with Crippen LogP contribution in [-0.4, -0.2) is 59.7 Å². The van der Waals surface area contributed by atoms with Gasteiger partial charge in [0.25, 0.3) is 0 Å². The lowest BCUT2D eigenvalue weighted by atomic mass is 10.1. The van der Waals surface area contributed by atoms with Crippen molar-refractivity contribution in [2.45, 2.75) is 6.92 Å². The van der Waals surface area contributed by atoms with Crippen LogP contribution in [0.4, 0.5) is 4.39 Å². The van der Waals surface area contributed by atoms with Crippen molar-refractivity contribution in [3.63, 3.8) is 0 Å². The summed E-state index contributed by atoms with van der Waals surface area (Å²) in [5.74, 6) is 0.280. The molecule has 26 heavy (non-hydrogen) atoms. The van der Waals surface area contributed by atoms with Crippen molar-refractivity contribution in [3.8, 4) is 11.3 Å². The SMILES string of the molecule is COCC1=NN=C(c2ccc(-c3ccc(F)cc3C)nn2)N(CC=N)C1. The molecule has 1 aromatic heterocycles. The molecule has 3 rings (SSSR count). The fraction of sp³-hybridized carbons (Fsp3) is 0.278. The van der Waals surface area contributed by atoms with Crippen LogP contribution >= 0.6 is 0 Å². The van der Waals surface area contributed by atoms with Crippen molar-refractivity contribution in [2.75, 3.05) is 26.8 Å². The number of nitrogens with zero attached hydrogens (tertiary/aromatic N) is 5. The van der Waals surface area contributed by atoms with Gasteiger partial charge in [-0.25, -0.2) is 4.39 Å². The predicted octanol–water partition coefficient (Wildman–Crippen LogP) is 2.31. The second kappa shape index (κ2) is 7.92. The summed E-state index contributed by atoms with van der Waals surface area (Å²) in [5, 5.41) is 24.3. The lowest BCUT2D eigenvalue weighted by Gasteiger charge is -2.26. The number of ether oxygens (including phenoxy) is 1. The van der Waals surface area contributed by atoms with Crippen LogP contribution in [0.25, 0.3) is 11.3 Å². The van der Waals surface area contributed by atoms with Crippen molar-refractivity contribution < 1.29 is 9.13 Å². The van der Waals surface area contributed by atoms with Gasteiger partial charge in [-0.05, 0) is 42.8 Å². The van der Waals surface area contributed by atoms with Crippen LogP contribution < -0.4 is 0 Å². The fourth-order valence-corrected chi connectivity index (χ4v) is 2.73. The van der Waals surface area contributed by atoms with Gasteiger partial charge in [0, 0.05) is 18.9 Å². The van der Waals surface area contributed by atoms with Crippen LogP contribution in [0.3, 0.4) is 0 Å². The first-order valence-corrected chi connectivity index (χ1v) is 8.09. The Kier molecular flexibility index (Phi) is 5.43. The average molecular weight is 354 g/mol. The van der Waals surface area contributed by atoms with E-state index in [2.05, 4.69) is 20.4 Å². The Hall–Kier alpha value is -3.00. The summed E-state index contributed by atoms with van der Waals surface area (Å²) < 4.78 is 18.4. The van der Waals surface area contributed by atoms with Crippen LogP contribution in [0.5, 0.6) is 0 Å². The Balaban J connectivity index is 1.90. The van der Waals surface area contributed by atoms with Gasteiger partial charge in [0.1, 0.15) is 11.5 Å². The zero-order valence-electron chi connectivity index (χ0n) is 14.6. The predicted molar refractivity (Wildman–Crippen MR) is 98.4 cm³/mol. The van der Waals surface area contributed by atoms with Gasteiger partial charge in [-0.1, -0.05) is 0 Å². The van der Waals surface area contributed by atoms with Gasteiger partial charge < -0.3 is 15.0 Å². The summed E-state index contributed by atoms with van der Waals surface area (Å²) in [7, 11) is 1.60. The summed E-state index contributed by atoms with van der Waals surface area (Å²) in [6.07, 6.45) is 1.30. The van der Waals surface area contributed by atoms with Crippen molar-refractivity contribution in [2.24, 2.45) is 10.2 Å². The molecule has 0 bridgehead atoms. The lowest BCUT2D eigenvalue weighted by molar-refractivity contribution is 0.241. The molecule has 2 heterocycles. The van der Waals surface area contributed by atoms with E-state index in [1.54, 1.807) is 19.2 Å².